The number of rotatable bonds is 5. The molecule has 3 rings (SSSR count). The van der Waals surface area contributed by atoms with Gasteiger partial charge >= 0.3 is 6.18 Å². The molecule has 146 valence electrons. The number of hydrogen-bond donors (Lipinski definition) is 0. The fraction of sp³-hybridized carbons (Fsp3) is 0.294. The third-order valence-corrected chi connectivity index (χ3v) is 4.38. The van der Waals surface area contributed by atoms with Crippen molar-refractivity contribution in [3.05, 3.63) is 58.7 Å². The molecule has 3 aromatic heterocycles. The van der Waals surface area contributed by atoms with E-state index in [4.69, 9.17) is 0 Å². The predicted molar refractivity (Wildman–Crippen MR) is 95.8 cm³/mol. The first-order chi connectivity index (χ1) is 13.3. The van der Waals surface area contributed by atoms with Crippen LogP contribution in [0.15, 0.2) is 36.0 Å². The second-order valence-electron chi connectivity index (χ2n) is 6.11. The topological polar surface area (TPSA) is 84.8 Å². The molecule has 3 heterocycles. The van der Waals surface area contributed by atoms with Crippen LogP contribution in [0.2, 0.25) is 0 Å². The van der Waals surface area contributed by atoms with Crippen molar-refractivity contribution < 1.29 is 18.0 Å². The van der Waals surface area contributed by atoms with E-state index < -0.39 is 17.9 Å². The number of carbonyl (C=O) groups excluding carboxylic acids is 1. The SMILES string of the molecule is CC(C)c1cnc(C(F)(F)F)nc1C(=O)N(Cc1ccsn1)c1cccnn1. The molecular weight excluding hydrogens is 393 g/mol. The molecule has 0 radical (unpaired) electrons. The molecule has 0 bridgehead atoms. The third kappa shape index (κ3) is 4.30. The molecule has 0 aliphatic heterocycles. The van der Waals surface area contributed by atoms with Crippen LogP contribution in [0.1, 0.15) is 47.3 Å². The first-order valence-electron chi connectivity index (χ1n) is 8.20. The summed E-state index contributed by atoms with van der Waals surface area (Å²) in [6.07, 6.45) is -2.29. The second kappa shape index (κ2) is 7.97. The molecule has 0 fully saturated rings. The van der Waals surface area contributed by atoms with Gasteiger partial charge in [-0.25, -0.2) is 9.97 Å². The lowest BCUT2D eigenvalue weighted by Crippen LogP contribution is -2.34. The van der Waals surface area contributed by atoms with Crippen LogP contribution in [0.5, 0.6) is 0 Å². The van der Waals surface area contributed by atoms with Crippen molar-refractivity contribution in [1.82, 2.24) is 24.5 Å². The van der Waals surface area contributed by atoms with Gasteiger partial charge in [-0.15, -0.1) is 5.10 Å². The standard InChI is InChI=1S/C17H15F3N6OS/c1-10(2)12-8-21-16(17(18,19)20)23-14(12)15(27)26(9-11-5-7-28-25-11)13-4-3-6-22-24-13/h3-8,10H,9H2,1-2H3. The highest BCUT2D eigenvalue weighted by atomic mass is 32.1. The molecule has 0 aliphatic rings. The zero-order valence-electron chi connectivity index (χ0n) is 14.9. The molecule has 0 atom stereocenters. The van der Waals surface area contributed by atoms with E-state index in [0.717, 1.165) is 6.20 Å². The van der Waals surface area contributed by atoms with E-state index >= 15 is 0 Å². The van der Waals surface area contributed by atoms with Gasteiger partial charge in [-0.2, -0.15) is 22.6 Å². The lowest BCUT2D eigenvalue weighted by atomic mass is 10.0. The number of hydrogen-bond acceptors (Lipinski definition) is 7. The maximum absolute atomic E-state index is 13.3. The molecule has 28 heavy (non-hydrogen) atoms. The van der Waals surface area contributed by atoms with Gasteiger partial charge in [0.15, 0.2) is 5.82 Å². The fourth-order valence-corrected chi connectivity index (χ4v) is 2.96. The van der Waals surface area contributed by atoms with E-state index in [-0.39, 0.29) is 24.0 Å². The zero-order valence-corrected chi connectivity index (χ0v) is 15.7. The molecule has 0 N–H and O–H groups in total. The maximum Gasteiger partial charge on any atom is 0.451 e. The van der Waals surface area contributed by atoms with Crippen molar-refractivity contribution in [2.75, 3.05) is 4.90 Å². The van der Waals surface area contributed by atoms with Gasteiger partial charge in [0, 0.05) is 23.3 Å². The number of aromatic nitrogens is 5. The predicted octanol–water partition coefficient (Wildman–Crippen LogP) is 3.71. The summed E-state index contributed by atoms with van der Waals surface area (Å²) in [6, 6.07) is 4.83. The Morgan fingerprint density at radius 3 is 2.64 bits per heavy atom. The third-order valence-electron chi connectivity index (χ3n) is 3.79. The van der Waals surface area contributed by atoms with E-state index in [1.54, 1.807) is 31.4 Å². The minimum absolute atomic E-state index is 0.0178. The smallest absolute Gasteiger partial charge is 0.284 e. The van der Waals surface area contributed by atoms with Crippen molar-refractivity contribution in [3.8, 4) is 0 Å². The Morgan fingerprint density at radius 1 is 1.29 bits per heavy atom. The molecule has 0 unspecified atom stereocenters. The van der Waals surface area contributed by atoms with Crippen LogP contribution in [-0.2, 0) is 12.7 Å². The first-order valence-corrected chi connectivity index (χ1v) is 9.04. The summed E-state index contributed by atoms with van der Waals surface area (Å²) in [6.45, 7) is 3.51. The van der Waals surface area contributed by atoms with Gasteiger partial charge in [0.2, 0.25) is 5.82 Å². The van der Waals surface area contributed by atoms with E-state index in [9.17, 15) is 18.0 Å². The number of halogens is 3. The maximum atomic E-state index is 13.3. The molecule has 0 saturated carbocycles. The van der Waals surface area contributed by atoms with Crippen LogP contribution in [0, 0.1) is 0 Å². The van der Waals surface area contributed by atoms with Crippen LogP contribution in [-0.4, -0.2) is 30.4 Å². The Labute approximate surface area is 162 Å². The van der Waals surface area contributed by atoms with Crippen molar-refractivity contribution in [2.45, 2.75) is 32.5 Å². The lowest BCUT2D eigenvalue weighted by molar-refractivity contribution is -0.145. The quantitative estimate of drug-likeness (QED) is 0.640. The molecule has 11 heteroatoms. The Morgan fingerprint density at radius 2 is 2.07 bits per heavy atom. The first kappa shape index (κ1) is 19.8. The normalized spacial score (nSPS) is 11.6. The highest BCUT2D eigenvalue weighted by Crippen LogP contribution is 2.29. The average molecular weight is 408 g/mol. The van der Waals surface area contributed by atoms with Crippen molar-refractivity contribution in [3.63, 3.8) is 0 Å². The highest BCUT2D eigenvalue weighted by Gasteiger charge is 2.37. The summed E-state index contributed by atoms with van der Waals surface area (Å²) < 4.78 is 43.5. The van der Waals surface area contributed by atoms with E-state index in [1.807, 2.05) is 0 Å². The van der Waals surface area contributed by atoms with Crippen molar-refractivity contribution in [1.29, 1.82) is 0 Å². The minimum atomic E-state index is -4.77. The number of alkyl halides is 3. The molecule has 0 aliphatic carbocycles. The molecular formula is C17H15F3N6OS. The van der Waals surface area contributed by atoms with Crippen molar-refractivity contribution >= 4 is 23.3 Å². The number of carbonyl (C=O) groups is 1. The number of nitrogens with zero attached hydrogens (tertiary/aromatic N) is 6. The molecule has 1 amide bonds. The number of amides is 1. The van der Waals surface area contributed by atoms with Crippen LogP contribution in [0.3, 0.4) is 0 Å². The molecule has 0 spiro atoms. The minimum Gasteiger partial charge on any atom is -0.284 e. The van der Waals surface area contributed by atoms with Crippen LogP contribution < -0.4 is 4.90 Å². The Bertz CT molecular complexity index is 947. The Balaban J connectivity index is 2.09. The summed E-state index contributed by atoms with van der Waals surface area (Å²) in [7, 11) is 0. The highest BCUT2D eigenvalue weighted by molar-refractivity contribution is 7.03. The largest absolute Gasteiger partial charge is 0.451 e. The Hall–Kier alpha value is -2.95. The van der Waals surface area contributed by atoms with Gasteiger partial charge in [-0.3, -0.25) is 9.69 Å². The summed E-state index contributed by atoms with van der Waals surface area (Å²) in [5, 5.41) is 9.40. The molecule has 7 nitrogen and oxygen atoms in total. The summed E-state index contributed by atoms with van der Waals surface area (Å²) in [5.74, 6) is -2.18. The van der Waals surface area contributed by atoms with Crippen LogP contribution in [0.25, 0.3) is 0 Å². The summed E-state index contributed by atoms with van der Waals surface area (Å²) in [4.78, 5) is 21.4. The van der Waals surface area contributed by atoms with E-state index in [0.29, 0.717) is 11.3 Å². The van der Waals surface area contributed by atoms with Crippen molar-refractivity contribution in [2.24, 2.45) is 0 Å². The average Bonchev–Trinajstić information content (AvgIpc) is 3.18. The monoisotopic (exact) mass is 408 g/mol. The Kier molecular flexibility index (Phi) is 5.63. The fourth-order valence-electron chi connectivity index (χ4n) is 2.42. The summed E-state index contributed by atoms with van der Waals surface area (Å²) in [5.41, 5.74) is 0.559. The molecule has 3 aromatic rings. The summed E-state index contributed by atoms with van der Waals surface area (Å²) >= 11 is 1.20. The molecule has 0 saturated heterocycles. The van der Waals surface area contributed by atoms with Crippen LogP contribution in [0.4, 0.5) is 19.0 Å². The van der Waals surface area contributed by atoms with Gasteiger partial charge in [0.1, 0.15) is 5.69 Å². The molecule has 0 aromatic carbocycles. The van der Waals surface area contributed by atoms with Gasteiger partial charge in [-0.05, 0) is 35.6 Å². The van der Waals surface area contributed by atoms with Crippen LogP contribution >= 0.6 is 11.5 Å². The van der Waals surface area contributed by atoms with E-state index in [1.165, 1.54) is 28.7 Å². The van der Waals surface area contributed by atoms with Gasteiger partial charge in [-0.1, -0.05) is 13.8 Å². The van der Waals surface area contributed by atoms with E-state index in [2.05, 4.69) is 24.5 Å². The lowest BCUT2D eigenvalue weighted by Gasteiger charge is -2.22. The number of anilines is 1. The zero-order chi connectivity index (χ0) is 20.3. The second-order valence-corrected chi connectivity index (χ2v) is 6.78. The van der Waals surface area contributed by atoms with Gasteiger partial charge in [0.25, 0.3) is 5.91 Å². The van der Waals surface area contributed by atoms with Gasteiger partial charge in [0.05, 0.1) is 12.2 Å². The van der Waals surface area contributed by atoms with Gasteiger partial charge < -0.3 is 0 Å².